The molecule has 0 saturated heterocycles. The molecule has 0 fully saturated rings. The summed E-state index contributed by atoms with van der Waals surface area (Å²) in [5, 5.41) is 0. The van der Waals surface area contributed by atoms with E-state index in [1.165, 1.54) is 4.90 Å². The minimum absolute atomic E-state index is 0.0358. The minimum Gasteiger partial charge on any atom is -0.364 e. The van der Waals surface area contributed by atoms with Crippen LogP contribution in [0.2, 0.25) is 0 Å². The molecule has 11 heavy (non-hydrogen) atoms. The Morgan fingerprint density at radius 2 is 1.73 bits per heavy atom. The number of carbonyl (C=O) groups is 1. The predicted molar refractivity (Wildman–Crippen MR) is 40.9 cm³/mol. The van der Waals surface area contributed by atoms with Crippen LogP contribution < -0.4 is 0 Å². The fourth-order valence-electron chi connectivity index (χ4n) is 0.717. The van der Waals surface area contributed by atoms with Gasteiger partial charge in [0.2, 0.25) is 5.91 Å². The Hall–Kier alpha value is -0.610. The summed E-state index contributed by atoms with van der Waals surface area (Å²) < 4.78 is 9.61. The van der Waals surface area contributed by atoms with E-state index in [9.17, 15) is 4.79 Å². The fraction of sp³-hybridized carbons (Fsp3) is 0.857. The third-order valence-electron chi connectivity index (χ3n) is 1.23. The van der Waals surface area contributed by atoms with Gasteiger partial charge in [0.1, 0.15) is 13.5 Å². The smallest absolute Gasteiger partial charge is 0.225 e. The molecule has 0 aromatic carbocycles. The molecule has 0 aliphatic carbocycles. The van der Waals surface area contributed by atoms with E-state index in [1.807, 2.05) is 0 Å². The van der Waals surface area contributed by atoms with Gasteiger partial charge in [0.15, 0.2) is 0 Å². The van der Waals surface area contributed by atoms with Gasteiger partial charge in [-0.3, -0.25) is 9.69 Å². The van der Waals surface area contributed by atoms with Gasteiger partial charge in [0.05, 0.1) is 0 Å². The first-order valence-corrected chi connectivity index (χ1v) is 3.51. The Kier molecular flexibility index (Phi) is 5.78. The van der Waals surface area contributed by atoms with Gasteiger partial charge in [0.25, 0.3) is 0 Å². The van der Waals surface area contributed by atoms with Crippen LogP contribution in [0.1, 0.15) is 13.3 Å². The van der Waals surface area contributed by atoms with Crippen molar-refractivity contribution >= 4 is 5.91 Å². The van der Waals surface area contributed by atoms with E-state index >= 15 is 0 Å². The zero-order chi connectivity index (χ0) is 8.69. The van der Waals surface area contributed by atoms with Crippen LogP contribution in [0.5, 0.6) is 0 Å². The Balaban J connectivity index is 3.76. The summed E-state index contributed by atoms with van der Waals surface area (Å²) in [5.41, 5.74) is 0. The van der Waals surface area contributed by atoms with Crippen LogP contribution in [0.4, 0.5) is 0 Å². The van der Waals surface area contributed by atoms with E-state index in [0.29, 0.717) is 19.9 Å². The van der Waals surface area contributed by atoms with Gasteiger partial charge < -0.3 is 9.47 Å². The molecule has 0 saturated carbocycles. The van der Waals surface area contributed by atoms with Crippen LogP contribution in [-0.4, -0.2) is 38.5 Å². The molecule has 0 N–H and O–H groups in total. The third kappa shape index (κ3) is 3.95. The number of hydrogen-bond donors (Lipinski definition) is 0. The summed E-state index contributed by atoms with van der Waals surface area (Å²) in [6.45, 7) is 2.39. The summed E-state index contributed by atoms with van der Waals surface area (Å²) in [7, 11) is 3.09. The van der Waals surface area contributed by atoms with E-state index in [2.05, 4.69) is 0 Å². The average molecular weight is 161 g/mol. The molecule has 0 aromatic heterocycles. The normalized spacial score (nSPS) is 9.73. The molecular formula is C7H15NO3. The number of hydrogen-bond acceptors (Lipinski definition) is 3. The third-order valence-corrected chi connectivity index (χ3v) is 1.23. The lowest BCUT2D eigenvalue weighted by molar-refractivity contribution is -0.141. The monoisotopic (exact) mass is 161 g/mol. The highest BCUT2D eigenvalue weighted by Gasteiger charge is 2.08. The second kappa shape index (κ2) is 6.12. The summed E-state index contributed by atoms with van der Waals surface area (Å²) in [6.07, 6.45) is 0.479. The number of amides is 1. The molecular weight excluding hydrogens is 146 g/mol. The van der Waals surface area contributed by atoms with Crippen molar-refractivity contribution in [3.8, 4) is 0 Å². The van der Waals surface area contributed by atoms with Crippen LogP contribution >= 0.6 is 0 Å². The number of nitrogens with zero attached hydrogens (tertiary/aromatic N) is 1. The summed E-state index contributed by atoms with van der Waals surface area (Å²) >= 11 is 0. The van der Waals surface area contributed by atoms with Gasteiger partial charge >= 0.3 is 0 Å². The first-order valence-electron chi connectivity index (χ1n) is 3.51. The average Bonchev–Trinajstić information content (AvgIpc) is 2.03. The molecule has 1 amide bonds. The largest absolute Gasteiger partial charge is 0.364 e. The Morgan fingerprint density at radius 1 is 1.27 bits per heavy atom. The van der Waals surface area contributed by atoms with Crippen LogP contribution in [0.15, 0.2) is 0 Å². The molecule has 0 radical (unpaired) electrons. The van der Waals surface area contributed by atoms with Crippen molar-refractivity contribution in [3.05, 3.63) is 0 Å². The number of carbonyl (C=O) groups excluding carboxylic acids is 1. The van der Waals surface area contributed by atoms with E-state index in [1.54, 1.807) is 21.1 Å². The van der Waals surface area contributed by atoms with Crippen molar-refractivity contribution in [1.82, 2.24) is 4.90 Å². The van der Waals surface area contributed by atoms with Crippen LogP contribution in [0.25, 0.3) is 0 Å². The van der Waals surface area contributed by atoms with Crippen molar-refractivity contribution in [2.75, 3.05) is 27.7 Å². The van der Waals surface area contributed by atoms with Crippen molar-refractivity contribution in [3.63, 3.8) is 0 Å². The minimum atomic E-state index is 0.0358. The van der Waals surface area contributed by atoms with Crippen LogP contribution in [-0.2, 0) is 14.3 Å². The molecule has 0 atom stereocenters. The number of methoxy groups -OCH3 is 2. The van der Waals surface area contributed by atoms with Crippen molar-refractivity contribution in [2.45, 2.75) is 13.3 Å². The van der Waals surface area contributed by atoms with E-state index in [4.69, 9.17) is 9.47 Å². The van der Waals surface area contributed by atoms with Gasteiger partial charge in [-0.25, -0.2) is 0 Å². The van der Waals surface area contributed by atoms with E-state index in [-0.39, 0.29) is 5.91 Å². The van der Waals surface area contributed by atoms with Gasteiger partial charge in [-0.2, -0.15) is 0 Å². The maximum atomic E-state index is 11.1. The standard InChI is InChI=1S/C7H15NO3/c1-4-7(9)8(5-10-2)6-11-3/h4-6H2,1-3H3. The molecule has 0 unspecified atom stereocenters. The summed E-state index contributed by atoms with van der Waals surface area (Å²) in [4.78, 5) is 12.6. The molecule has 0 aliphatic rings. The first kappa shape index (κ1) is 10.4. The topological polar surface area (TPSA) is 38.8 Å². The Morgan fingerprint density at radius 3 is 2.00 bits per heavy atom. The van der Waals surface area contributed by atoms with E-state index < -0.39 is 0 Å². The summed E-state index contributed by atoms with van der Waals surface area (Å²) in [6, 6.07) is 0. The molecule has 0 rings (SSSR count). The second-order valence-corrected chi connectivity index (χ2v) is 2.12. The molecule has 0 aliphatic heterocycles. The SMILES string of the molecule is CCC(=O)N(COC)COC. The highest BCUT2D eigenvalue weighted by atomic mass is 16.5. The maximum absolute atomic E-state index is 11.1. The molecule has 0 heterocycles. The molecule has 66 valence electrons. The Bertz CT molecular complexity index is 110. The molecule has 0 spiro atoms. The van der Waals surface area contributed by atoms with Gasteiger partial charge in [-0.15, -0.1) is 0 Å². The van der Waals surface area contributed by atoms with Gasteiger partial charge in [-0.05, 0) is 0 Å². The lowest BCUT2D eigenvalue weighted by Crippen LogP contribution is -2.33. The van der Waals surface area contributed by atoms with Crippen LogP contribution in [0.3, 0.4) is 0 Å². The molecule has 4 nitrogen and oxygen atoms in total. The highest BCUT2D eigenvalue weighted by molar-refractivity contribution is 5.75. The second-order valence-electron chi connectivity index (χ2n) is 2.12. The fourth-order valence-corrected chi connectivity index (χ4v) is 0.717. The molecule has 0 bridgehead atoms. The number of ether oxygens (including phenoxy) is 2. The zero-order valence-corrected chi connectivity index (χ0v) is 7.29. The van der Waals surface area contributed by atoms with Gasteiger partial charge in [-0.1, -0.05) is 6.92 Å². The highest BCUT2D eigenvalue weighted by Crippen LogP contribution is 1.93. The Labute approximate surface area is 67.1 Å². The number of rotatable bonds is 5. The maximum Gasteiger partial charge on any atom is 0.225 e. The lowest BCUT2D eigenvalue weighted by atomic mass is 10.4. The first-order chi connectivity index (χ1) is 5.26. The molecule has 0 aromatic rings. The van der Waals surface area contributed by atoms with E-state index in [0.717, 1.165) is 0 Å². The molecule has 4 heteroatoms. The van der Waals surface area contributed by atoms with Gasteiger partial charge in [0, 0.05) is 20.6 Å². The van der Waals surface area contributed by atoms with Crippen molar-refractivity contribution in [2.24, 2.45) is 0 Å². The van der Waals surface area contributed by atoms with Crippen molar-refractivity contribution < 1.29 is 14.3 Å². The predicted octanol–water partition coefficient (Wildman–Crippen LogP) is 0.433. The van der Waals surface area contributed by atoms with Crippen LogP contribution in [0, 0.1) is 0 Å². The zero-order valence-electron chi connectivity index (χ0n) is 7.29. The lowest BCUT2D eigenvalue weighted by Gasteiger charge is -2.19. The van der Waals surface area contributed by atoms with Crippen molar-refractivity contribution in [1.29, 1.82) is 0 Å². The summed E-state index contributed by atoms with van der Waals surface area (Å²) in [5.74, 6) is 0.0358. The quantitative estimate of drug-likeness (QED) is 0.549.